The van der Waals surface area contributed by atoms with Crippen LogP contribution in [0, 0.1) is 0 Å². The molecular formula is C90H168N2O21. The molecule has 0 aromatic carbocycles. The van der Waals surface area contributed by atoms with Crippen molar-refractivity contribution in [3.8, 4) is 0 Å². The van der Waals surface area contributed by atoms with Gasteiger partial charge in [0, 0.05) is 19.8 Å². The van der Waals surface area contributed by atoms with Gasteiger partial charge in [0.2, 0.25) is 11.8 Å². The molecule has 0 bridgehead atoms. The van der Waals surface area contributed by atoms with Crippen LogP contribution in [-0.2, 0) is 42.8 Å². The van der Waals surface area contributed by atoms with Crippen LogP contribution in [0.4, 0.5) is 0 Å². The van der Waals surface area contributed by atoms with Crippen LogP contribution in [0.3, 0.4) is 0 Å². The third-order valence-electron chi connectivity index (χ3n) is 23.4. The van der Waals surface area contributed by atoms with Gasteiger partial charge in [-0.15, -0.1) is 0 Å². The van der Waals surface area contributed by atoms with E-state index in [-0.39, 0.29) is 18.9 Å². The number of aliphatic carboxylic acids is 1. The summed E-state index contributed by atoms with van der Waals surface area (Å²) in [6.07, 6.45) is 50.5. The summed E-state index contributed by atoms with van der Waals surface area (Å²) in [6, 6.07) is -2.53. The lowest BCUT2D eigenvalue weighted by Gasteiger charge is -2.50. The molecule has 23 heteroatoms. The van der Waals surface area contributed by atoms with Crippen LogP contribution in [0.5, 0.6) is 0 Å². The van der Waals surface area contributed by atoms with Gasteiger partial charge in [-0.2, -0.15) is 0 Å². The third-order valence-corrected chi connectivity index (χ3v) is 23.4. The van der Waals surface area contributed by atoms with Gasteiger partial charge in [-0.3, -0.25) is 9.59 Å². The van der Waals surface area contributed by atoms with Crippen LogP contribution < -0.4 is 10.6 Å². The van der Waals surface area contributed by atoms with E-state index in [1.54, 1.807) is 0 Å². The Hall–Kier alpha value is -2.79. The summed E-state index contributed by atoms with van der Waals surface area (Å²) in [4.78, 5) is 38.8. The molecule has 3 rings (SSSR count). The Morgan fingerprint density at radius 3 is 1.24 bits per heavy atom. The van der Waals surface area contributed by atoms with E-state index in [0.717, 1.165) is 64.7 Å². The summed E-state index contributed by atoms with van der Waals surface area (Å²) in [5.41, 5.74) is 0. The molecule has 664 valence electrons. The van der Waals surface area contributed by atoms with E-state index in [4.69, 9.17) is 28.4 Å². The molecule has 2 amide bonds. The van der Waals surface area contributed by atoms with Crippen LogP contribution in [0.1, 0.15) is 393 Å². The molecule has 3 fully saturated rings. The number of nitrogens with one attached hydrogen (secondary N) is 2. The van der Waals surface area contributed by atoms with Crippen molar-refractivity contribution in [3.63, 3.8) is 0 Å². The normalized spacial score (nSPS) is 25.3. The third kappa shape index (κ3) is 46.6. The van der Waals surface area contributed by atoms with E-state index < -0.39 is 148 Å². The number of rotatable bonds is 75. The quantitative estimate of drug-likeness (QED) is 0.0199. The van der Waals surface area contributed by atoms with E-state index in [0.29, 0.717) is 19.3 Å². The van der Waals surface area contributed by atoms with Crippen LogP contribution in [-0.4, -0.2) is 215 Å². The van der Waals surface area contributed by atoms with Gasteiger partial charge in [-0.1, -0.05) is 353 Å². The molecule has 3 aliphatic heterocycles. The molecule has 0 aliphatic carbocycles. The number of hydrogen-bond donors (Lipinski definition) is 14. The van der Waals surface area contributed by atoms with Gasteiger partial charge in [-0.25, -0.2) is 4.79 Å². The Morgan fingerprint density at radius 2 is 0.850 bits per heavy atom. The summed E-state index contributed by atoms with van der Waals surface area (Å²) < 4.78 is 35.1. The zero-order chi connectivity index (χ0) is 82.4. The van der Waals surface area contributed by atoms with Crippen LogP contribution in [0.25, 0.3) is 0 Å². The highest BCUT2D eigenvalue weighted by molar-refractivity contribution is 5.77. The van der Waals surface area contributed by atoms with Gasteiger partial charge in [0.05, 0.1) is 50.7 Å². The first-order chi connectivity index (χ1) is 54.9. The predicted octanol–water partition coefficient (Wildman–Crippen LogP) is 15.0. The lowest BCUT2D eigenvalue weighted by atomic mass is 9.88. The maximum absolute atomic E-state index is 13.6. The van der Waals surface area contributed by atoms with Gasteiger partial charge in [-0.05, 0) is 44.9 Å². The fourth-order valence-corrected chi connectivity index (χ4v) is 16.2. The van der Waals surface area contributed by atoms with Crippen molar-refractivity contribution >= 4 is 17.8 Å². The number of allylic oxidation sites excluding steroid dienone is 4. The van der Waals surface area contributed by atoms with E-state index in [1.807, 2.05) is 0 Å². The summed E-state index contributed by atoms with van der Waals surface area (Å²) in [7, 11) is 0. The molecule has 23 nitrogen and oxygen atoms in total. The topological polar surface area (TPSA) is 373 Å². The smallest absolute Gasteiger partial charge is 0.364 e. The summed E-state index contributed by atoms with van der Waals surface area (Å²) >= 11 is 0. The summed E-state index contributed by atoms with van der Waals surface area (Å²) in [5, 5.41) is 137. The second kappa shape index (κ2) is 67.9. The molecule has 3 aliphatic rings. The van der Waals surface area contributed by atoms with Crippen molar-refractivity contribution in [1.82, 2.24) is 10.6 Å². The summed E-state index contributed by atoms with van der Waals surface area (Å²) in [5.74, 6) is -6.09. The Bertz CT molecular complexity index is 2330. The minimum atomic E-state index is -3.08. The molecule has 18 unspecified atom stereocenters. The molecule has 113 heavy (non-hydrogen) atoms. The SMILES string of the molecule is CCCCCCCCCCCCCCC/C=C\C/C=C\CCCCCCCCCCCCCCCCCCCC(=O)NC(COC1OC(CO)C(OC2OC(CO)C(O)C(OC3(C(=O)O)CC(O)C(NC(C)=O)C(C(O)C(O)CO)O3)C2O)C(O)C1O)C(O)CCCCCCCCCCCCCCCCCCCCCCCC. The first-order valence-electron chi connectivity index (χ1n) is 46.2. The Labute approximate surface area is 683 Å². The van der Waals surface area contributed by atoms with Gasteiger partial charge >= 0.3 is 5.97 Å². The van der Waals surface area contributed by atoms with Gasteiger partial charge in [0.25, 0.3) is 5.79 Å². The number of carboxylic acids is 1. The molecule has 0 radical (unpaired) electrons. The van der Waals surface area contributed by atoms with Crippen LogP contribution in [0.2, 0.25) is 0 Å². The van der Waals surface area contributed by atoms with Gasteiger partial charge in [0.15, 0.2) is 12.6 Å². The average Bonchev–Trinajstić information content (AvgIpc) is 0.754. The molecule has 14 N–H and O–H groups in total. The number of unbranched alkanes of at least 4 members (excludes halogenated alkanes) is 51. The second-order valence-electron chi connectivity index (χ2n) is 33.5. The highest BCUT2D eigenvalue weighted by Crippen LogP contribution is 2.39. The number of carboxylic acid groups (broad SMARTS) is 1. The lowest BCUT2D eigenvalue weighted by molar-refractivity contribution is -0.386. The van der Waals surface area contributed by atoms with Crippen molar-refractivity contribution in [2.24, 2.45) is 0 Å². The molecule has 3 saturated heterocycles. The van der Waals surface area contributed by atoms with E-state index in [2.05, 4.69) is 48.8 Å². The number of carbonyl (C=O) groups excluding carboxylic acids is 2. The Kier molecular flexibility index (Phi) is 62.8. The highest BCUT2D eigenvalue weighted by Gasteiger charge is 2.60. The Balaban J connectivity index is 1.42. The fraction of sp³-hybridized carbons (Fsp3) is 0.922. The largest absolute Gasteiger partial charge is 0.477 e. The zero-order valence-corrected chi connectivity index (χ0v) is 71.0. The maximum atomic E-state index is 13.6. The Morgan fingerprint density at radius 1 is 0.460 bits per heavy atom. The van der Waals surface area contributed by atoms with Crippen molar-refractivity contribution in [1.29, 1.82) is 0 Å². The number of amides is 2. The summed E-state index contributed by atoms with van der Waals surface area (Å²) in [6.45, 7) is 2.28. The lowest BCUT2D eigenvalue weighted by Crippen LogP contribution is -2.70. The molecule has 0 spiro atoms. The molecule has 3 heterocycles. The van der Waals surface area contributed by atoms with E-state index in [1.165, 1.54) is 283 Å². The maximum Gasteiger partial charge on any atom is 0.364 e. The van der Waals surface area contributed by atoms with Crippen molar-refractivity contribution in [2.45, 2.75) is 503 Å². The predicted molar refractivity (Wildman–Crippen MR) is 445 cm³/mol. The van der Waals surface area contributed by atoms with E-state index >= 15 is 0 Å². The number of aliphatic hydroxyl groups excluding tert-OH is 11. The molecule has 0 aromatic rings. The number of hydrogen-bond acceptors (Lipinski definition) is 20. The zero-order valence-electron chi connectivity index (χ0n) is 71.0. The van der Waals surface area contributed by atoms with E-state index in [9.17, 15) is 75.7 Å². The standard InChI is InChI=1S/C90H168N2O21/c1-4-6-8-10-12-14-16-18-20-22-24-26-28-29-30-31-32-33-34-35-36-37-38-39-40-41-42-44-46-48-50-52-54-56-58-60-62-64-77(100)92-71(72(97)63-61-59-57-55-53-51-49-47-45-43-27-25-23-21-19-17-15-13-11-9-7-5-2)69-108-87-82(104)81(103)84(76(68-95)110-87)111-88-83(105)86(80(102)75(67-94)109-88)113-90(89(106)107)65-73(98)78(91-70(3)96)85(112-90)79(101)74(99)66-93/h30-31,33-34,71-76,78-88,93-95,97-99,101-105H,4-29,32,35-69H2,1-3H3,(H,91,96)(H,92,100)(H,106,107)/b31-30-,34-33-. The van der Waals surface area contributed by atoms with Crippen molar-refractivity contribution in [2.75, 3.05) is 26.4 Å². The molecule has 0 aromatic heterocycles. The first-order valence-corrected chi connectivity index (χ1v) is 46.2. The van der Waals surface area contributed by atoms with Crippen molar-refractivity contribution in [3.05, 3.63) is 24.3 Å². The minimum Gasteiger partial charge on any atom is -0.477 e. The average molecular weight is 1610 g/mol. The van der Waals surface area contributed by atoms with Gasteiger partial charge in [0.1, 0.15) is 67.1 Å². The van der Waals surface area contributed by atoms with Crippen LogP contribution in [0.15, 0.2) is 24.3 Å². The van der Waals surface area contributed by atoms with Crippen molar-refractivity contribution < 1.29 is 104 Å². The van der Waals surface area contributed by atoms with Crippen LogP contribution >= 0.6 is 0 Å². The monoisotopic (exact) mass is 1610 g/mol. The number of ether oxygens (including phenoxy) is 6. The second-order valence-corrected chi connectivity index (χ2v) is 33.5. The fourth-order valence-electron chi connectivity index (χ4n) is 16.2. The van der Waals surface area contributed by atoms with Gasteiger partial charge < -0.3 is 100 Å². The first kappa shape index (κ1) is 104. The number of carbonyl (C=O) groups is 3. The highest BCUT2D eigenvalue weighted by atomic mass is 16.8. The molecular weight excluding hydrogens is 1440 g/mol. The molecule has 18 atom stereocenters. The number of aliphatic hydroxyl groups is 11. The molecule has 0 saturated carbocycles. The minimum absolute atomic E-state index is 0.226.